The third kappa shape index (κ3) is 5.88. The summed E-state index contributed by atoms with van der Waals surface area (Å²) in [5, 5.41) is 3.60. The van der Waals surface area contributed by atoms with Gasteiger partial charge in [0, 0.05) is 18.1 Å². The van der Waals surface area contributed by atoms with Crippen LogP contribution < -0.4 is 14.8 Å². The fourth-order valence-electron chi connectivity index (χ4n) is 2.68. The summed E-state index contributed by atoms with van der Waals surface area (Å²) in [6.07, 6.45) is 0. The molecule has 0 fully saturated rings. The van der Waals surface area contributed by atoms with Gasteiger partial charge in [0.2, 0.25) is 5.91 Å². The van der Waals surface area contributed by atoms with E-state index >= 15 is 0 Å². The van der Waals surface area contributed by atoms with Gasteiger partial charge in [-0.3, -0.25) is 9.69 Å². The van der Waals surface area contributed by atoms with Crippen LogP contribution >= 0.6 is 11.6 Å². The van der Waals surface area contributed by atoms with Gasteiger partial charge in [-0.15, -0.1) is 0 Å². The van der Waals surface area contributed by atoms with Gasteiger partial charge in [0.1, 0.15) is 0 Å². The second-order valence-corrected chi connectivity index (χ2v) is 6.73. The van der Waals surface area contributed by atoms with Crippen molar-refractivity contribution in [1.82, 2.24) is 10.2 Å². The fraction of sp³-hybridized carbons (Fsp3) is 0.381. The molecule has 1 amide bonds. The summed E-state index contributed by atoms with van der Waals surface area (Å²) < 4.78 is 10.9. The molecule has 5 nitrogen and oxygen atoms in total. The van der Waals surface area contributed by atoms with Gasteiger partial charge in [0.25, 0.3) is 0 Å². The van der Waals surface area contributed by atoms with Crippen molar-refractivity contribution in [3.63, 3.8) is 0 Å². The topological polar surface area (TPSA) is 50.8 Å². The van der Waals surface area contributed by atoms with E-state index in [0.717, 1.165) is 16.9 Å². The van der Waals surface area contributed by atoms with Crippen molar-refractivity contribution in [1.29, 1.82) is 0 Å². The van der Waals surface area contributed by atoms with Gasteiger partial charge in [-0.2, -0.15) is 0 Å². The maximum absolute atomic E-state index is 12.5. The molecule has 2 aromatic carbocycles. The van der Waals surface area contributed by atoms with Crippen LogP contribution in [0.2, 0.25) is 5.02 Å². The third-order valence-corrected chi connectivity index (χ3v) is 4.78. The molecule has 0 aliphatic carbocycles. The van der Waals surface area contributed by atoms with Gasteiger partial charge in [-0.1, -0.05) is 35.9 Å². The zero-order chi connectivity index (χ0) is 19.8. The van der Waals surface area contributed by atoms with E-state index in [1.807, 2.05) is 68.3 Å². The molecule has 1 N–H and O–H groups in total. The Morgan fingerprint density at radius 1 is 1.22 bits per heavy atom. The van der Waals surface area contributed by atoms with Gasteiger partial charge >= 0.3 is 0 Å². The third-order valence-electron chi connectivity index (χ3n) is 4.41. The van der Waals surface area contributed by atoms with E-state index in [2.05, 4.69) is 5.32 Å². The first-order valence-corrected chi connectivity index (χ1v) is 9.35. The standard InChI is InChI=1S/C21H27ClN2O3/c1-5-27-19-11-10-16(12-20(19)26-4)14-24(3)15(2)21(25)23-13-17-8-6-7-9-18(17)22/h6-12,15H,5,13-14H2,1-4H3,(H,23,25)/t15-/m1/s1. The van der Waals surface area contributed by atoms with E-state index in [1.54, 1.807) is 7.11 Å². The van der Waals surface area contributed by atoms with Gasteiger partial charge < -0.3 is 14.8 Å². The number of benzene rings is 2. The number of carbonyl (C=O) groups excluding carboxylic acids is 1. The Morgan fingerprint density at radius 2 is 1.96 bits per heavy atom. The summed E-state index contributed by atoms with van der Waals surface area (Å²) in [6.45, 7) is 5.42. The molecule has 27 heavy (non-hydrogen) atoms. The molecule has 0 bridgehead atoms. The number of rotatable bonds is 9. The highest BCUT2D eigenvalue weighted by Crippen LogP contribution is 2.28. The highest BCUT2D eigenvalue weighted by molar-refractivity contribution is 6.31. The molecule has 0 saturated carbocycles. The first kappa shape index (κ1) is 21.1. The van der Waals surface area contributed by atoms with Crippen molar-refractivity contribution in [2.45, 2.75) is 33.0 Å². The first-order valence-electron chi connectivity index (χ1n) is 8.97. The van der Waals surface area contributed by atoms with Crippen molar-refractivity contribution in [3.05, 3.63) is 58.6 Å². The van der Waals surface area contributed by atoms with Gasteiger partial charge in [0.05, 0.1) is 19.8 Å². The smallest absolute Gasteiger partial charge is 0.237 e. The lowest BCUT2D eigenvalue weighted by Gasteiger charge is -2.24. The zero-order valence-electron chi connectivity index (χ0n) is 16.3. The fourth-order valence-corrected chi connectivity index (χ4v) is 2.88. The number of halogens is 1. The predicted octanol–water partition coefficient (Wildman–Crippen LogP) is 3.88. The monoisotopic (exact) mass is 390 g/mol. The lowest BCUT2D eigenvalue weighted by molar-refractivity contribution is -0.125. The molecule has 2 aromatic rings. The number of nitrogens with one attached hydrogen (secondary N) is 1. The molecule has 6 heteroatoms. The van der Waals surface area contributed by atoms with Crippen LogP contribution in [0.1, 0.15) is 25.0 Å². The summed E-state index contributed by atoms with van der Waals surface area (Å²) in [4.78, 5) is 14.5. The predicted molar refractivity (Wildman–Crippen MR) is 108 cm³/mol. The van der Waals surface area contributed by atoms with Crippen molar-refractivity contribution < 1.29 is 14.3 Å². The highest BCUT2D eigenvalue weighted by atomic mass is 35.5. The average Bonchev–Trinajstić information content (AvgIpc) is 2.67. The van der Waals surface area contributed by atoms with E-state index < -0.39 is 0 Å². The largest absolute Gasteiger partial charge is 0.493 e. The molecule has 1 atom stereocenters. The number of methoxy groups -OCH3 is 1. The summed E-state index contributed by atoms with van der Waals surface area (Å²) in [7, 11) is 3.54. The van der Waals surface area contributed by atoms with Crippen LogP contribution in [0, 0.1) is 0 Å². The molecule has 0 aromatic heterocycles. The van der Waals surface area contributed by atoms with Gasteiger partial charge in [0.15, 0.2) is 11.5 Å². The highest BCUT2D eigenvalue weighted by Gasteiger charge is 2.18. The van der Waals surface area contributed by atoms with Gasteiger partial charge in [-0.05, 0) is 50.2 Å². The lowest BCUT2D eigenvalue weighted by Crippen LogP contribution is -2.42. The Balaban J connectivity index is 1.95. The van der Waals surface area contributed by atoms with E-state index in [4.69, 9.17) is 21.1 Å². The molecule has 0 unspecified atom stereocenters. The minimum Gasteiger partial charge on any atom is -0.493 e. The van der Waals surface area contributed by atoms with Crippen molar-refractivity contribution >= 4 is 17.5 Å². The molecular weight excluding hydrogens is 364 g/mol. The van der Waals surface area contributed by atoms with Crippen molar-refractivity contribution in [3.8, 4) is 11.5 Å². The second kappa shape index (κ2) is 10.2. The van der Waals surface area contributed by atoms with E-state index in [-0.39, 0.29) is 11.9 Å². The summed E-state index contributed by atoms with van der Waals surface area (Å²) >= 11 is 6.14. The maximum Gasteiger partial charge on any atom is 0.237 e. The number of amides is 1. The molecule has 0 radical (unpaired) electrons. The van der Waals surface area contributed by atoms with Crippen LogP contribution in [0.5, 0.6) is 11.5 Å². The van der Waals surface area contributed by atoms with E-state index in [0.29, 0.717) is 30.5 Å². The molecular formula is C21H27ClN2O3. The minimum atomic E-state index is -0.287. The van der Waals surface area contributed by atoms with Gasteiger partial charge in [-0.25, -0.2) is 0 Å². The number of ether oxygens (including phenoxy) is 2. The Labute approximate surface area is 166 Å². The second-order valence-electron chi connectivity index (χ2n) is 6.32. The molecule has 2 rings (SSSR count). The first-order chi connectivity index (χ1) is 13.0. The molecule has 146 valence electrons. The maximum atomic E-state index is 12.5. The van der Waals surface area contributed by atoms with Crippen LogP contribution in [0.3, 0.4) is 0 Å². The summed E-state index contributed by atoms with van der Waals surface area (Å²) in [5.74, 6) is 1.37. The Kier molecular flexibility index (Phi) is 7.95. The molecule has 0 aliphatic heterocycles. The summed E-state index contributed by atoms with van der Waals surface area (Å²) in [5.41, 5.74) is 1.95. The van der Waals surface area contributed by atoms with Crippen LogP contribution in [0.25, 0.3) is 0 Å². The van der Waals surface area contributed by atoms with Crippen LogP contribution in [-0.2, 0) is 17.9 Å². The number of nitrogens with zero attached hydrogens (tertiary/aromatic N) is 1. The van der Waals surface area contributed by atoms with Crippen LogP contribution in [0.4, 0.5) is 0 Å². The SMILES string of the molecule is CCOc1ccc(CN(C)[C@H](C)C(=O)NCc2ccccc2Cl)cc1OC. The summed E-state index contributed by atoms with van der Waals surface area (Å²) in [6, 6.07) is 13.0. The zero-order valence-corrected chi connectivity index (χ0v) is 17.0. The van der Waals surface area contributed by atoms with E-state index in [9.17, 15) is 4.79 Å². The van der Waals surface area contributed by atoms with Crippen LogP contribution in [0.15, 0.2) is 42.5 Å². The molecule has 0 heterocycles. The molecule has 0 aliphatic rings. The molecule has 0 spiro atoms. The minimum absolute atomic E-state index is 0.0460. The Morgan fingerprint density at radius 3 is 2.63 bits per heavy atom. The number of carbonyl (C=O) groups is 1. The normalized spacial score (nSPS) is 11.9. The average molecular weight is 391 g/mol. The Hall–Kier alpha value is -2.24. The van der Waals surface area contributed by atoms with Crippen LogP contribution in [-0.4, -0.2) is 37.6 Å². The number of hydrogen-bond donors (Lipinski definition) is 1. The number of hydrogen-bond acceptors (Lipinski definition) is 4. The lowest BCUT2D eigenvalue weighted by atomic mass is 10.1. The Bertz CT molecular complexity index is 767. The van der Waals surface area contributed by atoms with Crippen molar-refractivity contribution in [2.24, 2.45) is 0 Å². The quantitative estimate of drug-likeness (QED) is 0.705. The van der Waals surface area contributed by atoms with Crippen molar-refractivity contribution in [2.75, 3.05) is 20.8 Å². The molecule has 0 saturated heterocycles. The number of likely N-dealkylation sites (N-methyl/N-ethyl adjacent to an activating group) is 1. The van der Waals surface area contributed by atoms with E-state index in [1.165, 1.54) is 0 Å².